The fourth-order valence-electron chi connectivity index (χ4n) is 3.27. The molecule has 2 saturated carbocycles. The Morgan fingerprint density at radius 1 is 1.30 bits per heavy atom. The summed E-state index contributed by atoms with van der Waals surface area (Å²) in [7, 11) is 2.08. The summed E-state index contributed by atoms with van der Waals surface area (Å²) in [6.07, 6.45) is 7.23. The molecule has 4 nitrogen and oxygen atoms in total. The van der Waals surface area contributed by atoms with Crippen LogP contribution in [-0.2, 0) is 0 Å². The lowest BCUT2D eigenvalue weighted by atomic mass is 9.85. The Morgan fingerprint density at radius 2 is 2.00 bits per heavy atom. The Kier molecular flexibility index (Phi) is 3.71. The largest absolute Gasteiger partial charge is 0.477 e. The highest BCUT2D eigenvalue weighted by atomic mass is 32.1. The van der Waals surface area contributed by atoms with Gasteiger partial charge in [0.2, 0.25) is 0 Å². The van der Waals surface area contributed by atoms with Crippen molar-refractivity contribution >= 4 is 22.4 Å². The van der Waals surface area contributed by atoms with Crippen LogP contribution >= 0.6 is 11.3 Å². The minimum atomic E-state index is -0.819. The van der Waals surface area contributed by atoms with Crippen molar-refractivity contribution in [3.63, 3.8) is 0 Å². The van der Waals surface area contributed by atoms with Gasteiger partial charge in [0, 0.05) is 19.0 Å². The van der Waals surface area contributed by atoms with E-state index in [-0.39, 0.29) is 0 Å². The van der Waals surface area contributed by atoms with Crippen molar-refractivity contribution in [1.82, 2.24) is 4.98 Å². The minimum Gasteiger partial charge on any atom is -0.477 e. The molecule has 20 heavy (non-hydrogen) atoms. The molecule has 2 aliphatic carbocycles. The summed E-state index contributed by atoms with van der Waals surface area (Å²) >= 11 is 1.35. The summed E-state index contributed by atoms with van der Waals surface area (Å²) in [5, 5.41) is 10.2. The Morgan fingerprint density at radius 3 is 2.60 bits per heavy atom. The molecule has 1 aromatic rings. The number of carboxylic acid groups (broad SMARTS) is 1. The molecule has 3 rings (SSSR count). The molecule has 0 radical (unpaired) electrons. The molecule has 0 bridgehead atoms. The van der Waals surface area contributed by atoms with Crippen molar-refractivity contribution in [2.45, 2.75) is 57.4 Å². The summed E-state index contributed by atoms with van der Waals surface area (Å²) in [4.78, 5) is 18.7. The van der Waals surface area contributed by atoms with Crippen LogP contribution in [0.25, 0.3) is 0 Å². The van der Waals surface area contributed by atoms with Gasteiger partial charge in [0.25, 0.3) is 0 Å². The molecule has 2 aliphatic rings. The Bertz CT molecular complexity index is 510. The van der Waals surface area contributed by atoms with Gasteiger partial charge in [-0.3, -0.25) is 0 Å². The SMILES string of the molecule is CC1CCCCC1N(C)c1nc(C2CC2)c(C(=O)O)s1. The molecule has 5 heteroatoms. The zero-order valence-electron chi connectivity index (χ0n) is 12.1. The van der Waals surface area contributed by atoms with Gasteiger partial charge in [-0.1, -0.05) is 31.1 Å². The van der Waals surface area contributed by atoms with Crippen LogP contribution in [0.3, 0.4) is 0 Å². The Labute approximate surface area is 123 Å². The van der Waals surface area contributed by atoms with E-state index in [1.807, 2.05) is 0 Å². The van der Waals surface area contributed by atoms with E-state index in [0.29, 0.717) is 22.8 Å². The molecule has 1 aromatic heterocycles. The van der Waals surface area contributed by atoms with Gasteiger partial charge in [-0.2, -0.15) is 0 Å². The first-order valence-corrected chi connectivity index (χ1v) is 8.36. The second-order valence-corrected chi connectivity index (χ2v) is 7.21. The Balaban J connectivity index is 1.85. The van der Waals surface area contributed by atoms with Gasteiger partial charge in [0.05, 0.1) is 5.69 Å². The molecule has 0 amide bonds. The highest BCUT2D eigenvalue weighted by molar-refractivity contribution is 7.17. The smallest absolute Gasteiger partial charge is 0.347 e. The summed E-state index contributed by atoms with van der Waals surface area (Å²) in [6, 6.07) is 0.503. The lowest BCUT2D eigenvalue weighted by Crippen LogP contribution is -2.38. The van der Waals surface area contributed by atoms with E-state index in [1.54, 1.807) is 0 Å². The number of carboxylic acids is 1. The van der Waals surface area contributed by atoms with E-state index in [2.05, 4.69) is 23.9 Å². The van der Waals surface area contributed by atoms with Gasteiger partial charge < -0.3 is 10.0 Å². The van der Waals surface area contributed by atoms with Gasteiger partial charge >= 0.3 is 5.97 Å². The maximum absolute atomic E-state index is 11.4. The van der Waals surface area contributed by atoms with E-state index < -0.39 is 5.97 Å². The van der Waals surface area contributed by atoms with E-state index >= 15 is 0 Å². The van der Waals surface area contributed by atoms with Crippen LogP contribution in [-0.4, -0.2) is 29.1 Å². The summed E-state index contributed by atoms with van der Waals surface area (Å²) in [5.41, 5.74) is 0.827. The van der Waals surface area contributed by atoms with Gasteiger partial charge in [-0.25, -0.2) is 9.78 Å². The maximum Gasteiger partial charge on any atom is 0.347 e. The highest BCUT2D eigenvalue weighted by Crippen LogP contribution is 2.44. The molecule has 0 spiro atoms. The fraction of sp³-hybridized carbons (Fsp3) is 0.733. The number of hydrogen-bond donors (Lipinski definition) is 1. The second-order valence-electron chi connectivity index (χ2n) is 6.23. The Hall–Kier alpha value is -1.10. The van der Waals surface area contributed by atoms with Crippen molar-refractivity contribution in [3.05, 3.63) is 10.6 Å². The number of hydrogen-bond acceptors (Lipinski definition) is 4. The summed E-state index contributed by atoms with van der Waals surface area (Å²) in [5.74, 6) is 0.235. The average Bonchev–Trinajstić information content (AvgIpc) is 3.17. The third kappa shape index (κ3) is 2.55. The zero-order valence-corrected chi connectivity index (χ0v) is 12.9. The standard InChI is InChI=1S/C15H22N2O2S/c1-9-5-3-4-6-11(9)17(2)15-16-12(10-7-8-10)13(20-15)14(18)19/h9-11H,3-8H2,1-2H3,(H,18,19). The predicted molar refractivity (Wildman–Crippen MR) is 80.9 cm³/mol. The van der Waals surface area contributed by atoms with Crippen molar-refractivity contribution in [1.29, 1.82) is 0 Å². The normalized spacial score (nSPS) is 26.5. The molecule has 110 valence electrons. The molecule has 0 aromatic carbocycles. The molecule has 0 aliphatic heterocycles. The first-order valence-electron chi connectivity index (χ1n) is 7.54. The molecular weight excluding hydrogens is 272 g/mol. The van der Waals surface area contributed by atoms with Crippen LogP contribution in [0, 0.1) is 5.92 Å². The predicted octanol–water partition coefficient (Wildman–Crippen LogP) is 3.73. The fourth-order valence-corrected chi connectivity index (χ4v) is 4.28. The molecule has 1 N–H and O–H groups in total. The van der Waals surface area contributed by atoms with Crippen LogP contribution < -0.4 is 4.90 Å². The molecular formula is C15H22N2O2S. The van der Waals surface area contributed by atoms with E-state index in [9.17, 15) is 9.90 Å². The number of rotatable bonds is 4. The van der Waals surface area contributed by atoms with Gasteiger partial charge in [-0.05, 0) is 31.6 Å². The van der Waals surface area contributed by atoms with Crippen LogP contribution in [0.2, 0.25) is 0 Å². The van der Waals surface area contributed by atoms with Crippen molar-refractivity contribution in [2.24, 2.45) is 5.92 Å². The second kappa shape index (κ2) is 5.35. The topological polar surface area (TPSA) is 53.4 Å². The molecule has 2 unspecified atom stereocenters. The van der Waals surface area contributed by atoms with Gasteiger partial charge in [0.15, 0.2) is 5.13 Å². The summed E-state index contributed by atoms with van der Waals surface area (Å²) < 4.78 is 0. The highest BCUT2D eigenvalue weighted by Gasteiger charge is 2.34. The van der Waals surface area contributed by atoms with Gasteiger partial charge in [-0.15, -0.1) is 0 Å². The first kappa shape index (κ1) is 13.9. The molecule has 2 atom stereocenters. The molecule has 0 saturated heterocycles. The summed E-state index contributed by atoms with van der Waals surface area (Å²) in [6.45, 7) is 2.30. The molecule has 2 fully saturated rings. The van der Waals surface area contributed by atoms with E-state index in [1.165, 1.54) is 37.0 Å². The van der Waals surface area contributed by atoms with Gasteiger partial charge in [0.1, 0.15) is 4.88 Å². The maximum atomic E-state index is 11.4. The number of thiazole rings is 1. The van der Waals surface area contributed by atoms with Crippen LogP contribution in [0.4, 0.5) is 5.13 Å². The third-order valence-electron chi connectivity index (χ3n) is 4.67. The number of carbonyl (C=O) groups is 1. The third-order valence-corrected chi connectivity index (χ3v) is 5.82. The van der Waals surface area contributed by atoms with Crippen molar-refractivity contribution < 1.29 is 9.90 Å². The molecule has 1 heterocycles. The minimum absolute atomic E-state index is 0.392. The average molecular weight is 294 g/mol. The van der Waals surface area contributed by atoms with E-state index in [0.717, 1.165) is 23.7 Å². The van der Waals surface area contributed by atoms with Crippen LogP contribution in [0.1, 0.15) is 66.7 Å². The van der Waals surface area contributed by atoms with Crippen molar-refractivity contribution in [2.75, 3.05) is 11.9 Å². The quantitative estimate of drug-likeness (QED) is 0.919. The monoisotopic (exact) mass is 294 g/mol. The number of nitrogens with zero attached hydrogens (tertiary/aromatic N) is 2. The lowest BCUT2D eigenvalue weighted by Gasteiger charge is -2.36. The lowest BCUT2D eigenvalue weighted by molar-refractivity contribution is 0.0700. The van der Waals surface area contributed by atoms with Crippen LogP contribution in [0.5, 0.6) is 0 Å². The number of anilines is 1. The van der Waals surface area contributed by atoms with Crippen LogP contribution in [0.15, 0.2) is 0 Å². The van der Waals surface area contributed by atoms with E-state index in [4.69, 9.17) is 0 Å². The number of aromatic nitrogens is 1. The zero-order chi connectivity index (χ0) is 14.3. The first-order chi connectivity index (χ1) is 9.58. The van der Waals surface area contributed by atoms with Crippen molar-refractivity contribution in [3.8, 4) is 0 Å². The number of aromatic carboxylic acids is 1.